The molecule has 0 amide bonds. The van der Waals surface area contributed by atoms with E-state index >= 15 is 0 Å². The highest BCUT2D eigenvalue weighted by Gasteiger charge is 2.39. The zero-order valence-electron chi connectivity index (χ0n) is 22.3. The van der Waals surface area contributed by atoms with Gasteiger partial charge in [-0.3, -0.25) is 5.10 Å². The number of aryl methyl sites for hydroxylation is 1. The molecule has 6 rings (SSSR count). The first-order chi connectivity index (χ1) is 19.4. The maximum atomic E-state index is 14.1. The van der Waals surface area contributed by atoms with Crippen LogP contribution in [0.15, 0.2) is 120 Å². The van der Waals surface area contributed by atoms with Gasteiger partial charge in [0.15, 0.2) is 5.82 Å². The van der Waals surface area contributed by atoms with Gasteiger partial charge in [0.25, 0.3) is 10.0 Å². The fourth-order valence-electron chi connectivity index (χ4n) is 5.36. The first-order valence-electron chi connectivity index (χ1n) is 13.1. The predicted molar refractivity (Wildman–Crippen MR) is 158 cm³/mol. The Labute approximate surface area is 234 Å². The second-order valence-electron chi connectivity index (χ2n) is 9.94. The molecule has 0 saturated carbocycles. The Balaban J connectivity index is 1.51. The third-order valence-corrected chi connectivity index (χ3v) is 9.20. The van der Waals surface area contributed by atoms with Gasteiger partial charge in [-0.25, -0.2) is 12.7 Å². The summed E-state index contributed by atoms with van der Waals surface area (Å²) in [6.45, 7) is 1.93. The molecular weight excluding hydrogens is 518 g/mol. The van der Waals surface area contributed by atoms with Gasteiger partial charge in [-0.05, 0) is 54.4 Å². The first kappa shape index (κ1) is 25.6. The van der Waals surface area contributed by atoms with Crippen LogP contribution in [0, 0.1) is 6.92 Å². The number of H-pyrrole nitrogens is 1. The fourth-order valence-corrected chi connectivity index (χ4v) is 6.81. The van der Waals surface area contributed by atoms with Crippen LogP contribution in [-0.4, -0.2) is 25.7 Å². The van der Waals surface area contributed by atoms with E-state index in [1.807, 2.05) is 61.5 Å². The number of ether oxygens (including phenoxy) is 1. The van der Waals surface area contributed by atoms with Crippen LogP contribution >= 0.6 is 0 Å². The minimum absolute atomic E-state index is 0.202. The number of aromatic nitrogens is 2. The number of nitrogens with zero attached hydrogens (tertiary/aromatic N) is 2. The van der Waals surface area contributed by atoms with Crippen molar-refractivity contribution >= 4 is 27.6 Å². The number of allylic oxidation sites excluding steroid dienone is 1. The Morgan fingerprint density at radius 3 is 2.23 bits per heavy atom. The number of anilines is 2. The molecular formula is C33H29N3O3S. The van der Waals surface area contributed by atoms with E-state index in [9.17, 15) is 8.42 Å². The lowest BCUT2D eigenvalue weighted by Crippen LogP contribution is -2.31. The summed E-state index contributed by atoms with van der Waals surface area (Å²) >= 11 is 0. The van der Waals surface area contributed by atoms with E-state index in [1.54, 1.807) is 43.5 Å². The molecule has 1 aromatic heterocycles. The van der Waals surface area contributed by atoms with Gasteiger partial charge >= 0.3 is 0 Å². The normalized spacial score (nSPS) is 16.4. The van der Waals surface area contributed by atoms with Crippen molar-refractivity contribution in [1.29, 1.82) is 0 Å². The molecule has 1 aliphatic rings. The number of sulfonamides is 1. The van der Waals surface area contributed by atoms with E-state index in [1.165, 1.54) is 4.31 Å². The van der Waals surface area contributed by atoms with Crippen molar-refractivity contribution in [3.05, 3.63) is 143 Å². The Morgan fingerprint density at radius 1 is 0.850 bits per heavy atom. The largest absolute Gasteiger partial charge is 0.497 e. The highest BCUT2D eigenvalue weighted by Crippen LogP contribution is 2.45. The Hall–Kier alpha value is -4.62. The van der Waals surface area contributed by atoms with Crippen LogP contribution in [0.3, 0.4) is 0 Å². The van der Waals surface area contributed by atoms with Crippen molar-refractivity contribution in [2.24, 2.45) is 0 Å². The molecule has 0 bridgehead atoms. The molecule has 1 N–H and O–H groups in total. The molecule has 200 valence electrons. The summed E-state index contributed by atoms with van der Waals surface area (Å²) < 4.78 is 35.1. The lowest BCUT2D eigenvalue weighted by atomic mass is 9.68. The second kappa shape index (κ2) is 10.2. The minimum atomic E-state index is -3.97. The molecule has 6 nitrogen and oxygen atoms in total. The van der Waals surface area contributed by atoms with Crippen molar-refractivity contribution in [3.63, 3.8) is 0 Å². The lowest BCUT2D eigenvalue weighted by molar-refractivity contribution is 0.413. The quantitative estimate of drug-likeness (QED) is 0.243. The van der Waals surface area contributed by atoms with Crippen molar-refractivity contribution in [2.75, 3.05) is 11.4 Å². The van der Waals surface area contributed by atoms with Gasteiger partial charge in [0.2, 0.25) is 0 Å². The highest BCUT2D eigenvalue weighted by atomic mass is 32.2. The summed E-state index contributed by atoms with van der Waals surface area (Å²) in [5.41, 5.74) is 4.79. The van der Waals surface area contributed by atoms with Crippen LogP contribution in [0.25, 0.3) is 6.08 Å². The number of para-hydroxylation sites is 1. The molecule has 0 spiro atoms. The summed E-state index contributed by atoms with van der Waals surface area (Å²) in [6.07, 6.45) is 4.71. The SMILES string of the molecule is COc1cccc(C2(c3ccccc3)C=Cc3c(N(c4ccccc4)S(=O)(=O)c4ccc(C)cc4)n[nH]c3C2)c1. The average Bonchev–Trinajstić information content (AvgIpc) is 3.40. The van der Waals surface area contributed by atoms with Crippen LogP contribution < -0.4 is 9.04 Å². The Morgan fingerprint density at radius 2 is 1.52 bits per heavy atom. The standard InChI is InChI=1S/C33H29N3O3S/c1-24-16-18-29(19-17-24)40(37,38)36(27-13-7-4-8-14-27)32-30-20-21-33(23-31(30)34-35-32,25-10-5-3-6-11-25)26-12-9-15-28(22-26)39-2/h3-22H,23H2,1-2H3,(H,34,35). The predicted octanol–water partition coefficient (Wildman–Crippen LogP) is 6.81. The van der Waals surface area contributed by atoms with E-state index in [2.05, 4.69) is 40.5 Å². The fraction of sp³-hybridized carbons (Fsp3) is 0.121. The summed E-state index contributed by atoms with van der Waals surface area (Å²) in [7, 11) is -2.31. The molecule has 1 aliphatic carbocycles. The van der Waals surface area contributed by atoms with E-state index in [4.69, 9.17) is 4.74 Å². The Kier molecular flexibility index (Phi) is 6.52. The molecule has 0 fully saturated rings. The minimum Gasteiger partial charge on any atom is -0.497 e. The number of hydrogen-bond acceptors (Lipinski definition) is 4. The molecule has 40 heavy (non-hydrogen) atoms. The Bertz CT molecular complexity index is 1780. The third-order valence-electron chi connectivity index (χ3n) is 7.47. The number of methoxy groups -OCH3 is 1. The summed E-state index contributed by atoms with van der Waals surface area (Å²) in [4.78, 5) is 0.202. The van der Waals surface area contributed by atoms with Gasteiger partial charge < -0.3 is 4.74 Å². The highest BCUT2D eigenvalue weighted by molar-refractivity contribution is 7.93. The van der Waals surface area contributed by atoms with Crippen molar-refractivity contribution in [3.8, 4) is 5.75 Å². The van der Waals surface area contributed by atoms with Gasteiger partial charge in [0.1, 0.15) is 5.75 Å². The van der Waals surface area contributed by atoms with Crippen LogP contribution in [-0.2, 0) is 21.9 Å². The van der Waals surface area contributed by atoms with Gasteiger partial charge in [0, 0.05) is 23.1 Å². The number of hydrogen-bond donors (Lipinski definition) is 1. The third kappa shape index (κ3) is 4.38. The molecule has 0 aliphatic heterocycles. The van der Waals surface area contributed by atoms with Crippen molar-refractivity contribution in [2.45, 2.75) is 23.7 Å². The summed E-state index contributed by atoms with van der Waals surface area (Å²) in [6, 6.07) is 34.3. The number of nitrogens with one attached hydrogen (secondary N) is 1. The van der Waals surface area contributed by atoms with Crippen molar-refractivity contribution < 1.29 is 13.2 Å². The van der Waals surface area contributed by atoms with Gasteiger partial charge in [-0.15, -0.1) is 0 Å². The summed E-state index contributed by atoms with van der Waals surface area (Å²) in [5.74, 6) is 1.11. The molecule has 5 aromatic rings. The molecule has 1 heterocycles. The van der Waals surface area contributed by atoms with E-state index in [0.717, 1.165) is 33.7 Å². The number of aromatic amines is 1. The molecule has 1 atom stereocenters. The van der Waals surface area contributed by atoms with E-state index < -0.39 is 15.4 Å². The number of rotatable bonds is 7. The lowest BCUT2D eigenvalue weighted by Gasteiger charge is -2.35. The van der Waals surface area contributed by atoms with Crippen LogP contribution in [0.4, 0.5) is 11.5 Å². The zero-order chi connectivity index (χ0) is 27.7. The van der Waals surface area contributed by atoms with E-state index in [-0.39, 0.29) is 4.90 Å². The number of benzene rings is 4. The van der Waals surface area contributed by atoms with Crippen LogP contribution in [0.1, 0.15) is 27.9 Å². The zero-order valence-corrected chi connectivity index (χ0v) is 23.1. The molecule has 0 saturated heterocycles. The van der Waals surface area contributed by atoms with Crippen LogP contribution in [0.5, 0.6) is 5.75 Å². The number of fused-ring (bicyclic) bond motifs is 1. The monoisotopic (exact) mass is 547 g/mol. The van der Waals surface area contributed by atoms with E-state index in [0.29, 0.717) is 17.9 Å². The topological polar surface area (TPSA) is 75.3 Å². The average molecular weight is 548 g/mol. The molecule has 1 unspecified atom stereocenters. The molecule has 7 heteroatoms. The maximum absolute atomic E-state index is 14.1. The molecule has 4 aromatic carbocycles. The molecule has 0 radical (unpaired) electrons. The van der Waals surface area contributed by atoms with Gasteiger partial charge in [-0.2, -0.15) is 5.10 Å². The first-order valence-corrected chi connectivity index (χ1v) is 14.5. The summed E-state index contributed by atoms with van der Waals surface area (Å²) in [5, 5.41) is 7.81. The maximum Gasteiger partial charge on any atom is 0.269 e. The van der Waals surface area contributed by atoms with Gasteiger partial charge in [0.05, 0.1) is 17.7 Å². The van der Waals surface area contributed by atoms with Crippen molar-refractivity contribution in [1.82, 2.24) is 10.2 Å². The second-order valence-corrected chi connectivity index (χ2v) is 11.7. The van der Waals surface area contributed by atoms with Crippen LogP contribution in [0.2, 0.25) is 0 Å². The van der Waals surface area contributed by atoms with Gasteiger partial charge in [-0.1, -0.05) is 90.5 Å². The smallest absolute Gasteiger partial charge is 0.269 e.